The van der Waals surface area contributed by atoms with Crippen molar-refractivity contribution in [2.75, 3.05) is 7.11 Å². The predicted molar refractivity (Wildman–Crippen MR) is 69.4 cm³/mol. The SMILES string of the molecule is COC(=O)c1cc2c(cn1)nc(Cl)c1cnc(C)n12. The van der Waals surface area contributed by atoms with Gasteiger partial charge in [-0.05, 0) is 13.0 Å². The Morgan fingerprint density at radius 1 is 1.32 bits per heavy atom. The fourth-order valence-electron chi connectivity index (χ4n) is 1.98. The van der Waals surface area contributed by atoms with Gasteiger partial charge in [0, 0.05) is 0 Å². The summed E-state index contributed by atoms with van der Waals surface area (Å²) in [5.74, 6) is 0.258. The average molecular weight is 277 g/mol. The lowest BCUT2D eigenvalue weighted by Gasteiger charge is -2.06. The molecule has 0 N–H and O–H groups in total. The maximum absolute atomic E-state index is 11.5. The average Bonchev–Trinajstić information content (AvgIpc) is 2.81. The molecule has 0 aliphatic carbocycles. The molecular weight excluding hydrogens is 268 g/mol. The van der Waals surface area contributed by atoms with Crippen LogP contribution >= 0.6 is 11.6 Å². The second-order valence-electron chi connectivity index (χ2n) is 3.98. The van der Waals surface area contributed by atoms with Gasteiger partial charge in [0.1, 0.15) is 16.9 Å². The Bertz CT molecular complexity index is 812. The van der Waals surface area contributed by atoms with Gasteiger partial charge >= 0.3 is 5.97 Å². The lowest BCUT2D eigenvalue weighted by atomic mass is 10.3. The summed E-state index contributed by atoms with van der Waals surface area (Å²) in [5, 5.41) is 0.348. The summed E-state index contributed by atoms with van der Waals surface area (Å²) in [6.07, 6.45) is 3.13. The molecule has 0 fully saturated rings. The molecule has 0 saturated carbocycles. The molecule has 19 heavy (non-hydrogen) atoms. The minimum atomic E-state index is -0.497. The third-order valence-electron chi connectivity index (χ3n) is 2.87. The van der Waals surface area contributed by atoms with Gasteiger partial charge in [-0.25, -0.2) is 19.7 Å². The Balaban J connectivity index is 2.43. The van der Waals surface area contributed by atoms with E-state index in [2.05, 4.69) is 19.7 Å². The molecule has 96 valence electrons. The van der Waals surface area contributed by atoms with E-state index in [9.17, 15) is 4.79 Å². The minimum absolute atomic E-state index is 0.216. The first-order chi connectivity index (χ1) is 9.11. The van der Waals surface area contributed by atoms with Crippen molar-refractivity contribution in [2.24, 2.45) is 0 Å². The number of aryl methyl sites for hydroxylation is 1. The summed E-state index contributed by atoms with van der Waals surface area (Å²) in [5.41, 5.74) is 2.21. The Kier molecular flexibility index (Phi) is 2.60. The Morgan fingerprint density at radius 2 is 2.11 bits per heavy atom. The summed E-state index contributed by atoms with van der Waals surface area (Å²) >= 11 is 6.09. The summed E-state index contributed by atoms with van der Waals surface area (Å²) in [7, 11) is 1.31. The molecule has 0 atom stereocenters. The van der Waals surface area contributed by atoms with Crippen LogP contribution in [0.3, 0.4) is 0 Å². The molecule has 3 aromatic rings. The Labute approximate surface area is 113 Å². The van der Waals surface area contributed by atoms with Crippen LogP contribution in [0.4, 0.5) is 0 Å². The summed E-state index contributed by atoms with van der Waals surface area (Å²) in [4.78, 5) is 24.0. The molecule has 0 unspecified atom stereocenters. The molecule has 3 rings (SSSR count). The van der Waals surface area contributed by atoms with Crippen molar-refractivity contribution in [3.63, 3.8) is 0 Å². The quantitative estimate of drug-likeness (QED) is 0.636. The van der Waals surface area contributed by atoms with Crippen LogP contribution in [0.25, 0.3) is 16.6 Å². The zero-order valence-corrected chi connectivity index (χ0v) is 11.0. The van der Waals surface area contributed by atoms with Crippen LogP contribution in [0.2, 0.25) is 5.15 Å². The summed E-state index contributed by atoms with van der Waals surface area (Å²) < 4.78 is 6.49. The maximum Gasteiger partial charge on any atom is 0.356 e. The van der Waals surface area contributed by atoms with Crippen LogP contribution in [-0.2, 0) is 4.74 Å². The fourth-order valence-corrected chi connectivity index (χ4v) is 2.20. The first kappa shape index (κ1) is 11.9. The van der Waals surface area contributed by atoms with Gasteiger partial charge < -0.3 is 4.74 Å². The third-order valence-corrected chi connectivity index (χ3v) is 3.14. The van der Waals surface area contributed by atoms with E-state index in [1.54, 1.807) is 12.3 Å². The number of rotatable bonds is 1. The largest absolute Gasteiger partial charge is 0.464 e. The fraction of sp³-hybridized carbons (Fsp3) is 0.167. The van der Waals surface area contributed by atoms with Crippen molar-refractivity contribution in [1.82, 2.24) is 19.4 Å². The lowest BCUT2D eigenvalue weighted by molar-refractivity contribution is 0.0594. The van der Waals surface area contributed by atoms with Crippen LogP contribution in [0.1, 0.15) is 16.3 Å². The minimum Gasteiger partial charge on any atom is -0.464 e. The Morgan fingerprint density at radius 3 is 2.84 bits per heavy atom. The number of methoxy groups -OCH3 is 1. The highest BCUT2D eigenvalue weighted by atomic mass is 35.5. The molecule has 0 bridgehead atoms. The van der Waals surface area contributed by atoms with Gasteiger partial charge in [0.15, 0.2) is 10.8 Å². The van der Waals surface area contributed by atoms with E-state index in [1.165, 1.54) is 13.3 Å². The molecule has 0 aliphatic rings. The lowest BCUT2D eigenvalue weighted by Crippen LogP contribution is -2.05. The van der Waals surface area contributed by atoms with E-state index in [0.29, 0.717) is 21.7 Å². The van der Waals surface area contributed by atoms with Gasteiger partial charge in [-0.1, -0.05) is 11.6 Å². The second-order valence-corrected chi connectivity index (χ2v) is 4.34. The molecule has 0 radical (unpaired) electrons. The van der Waals surface area contributed by atoms with Crippen molar-refractivity contribution in [3.8, 4) is 0 Å². The van der Waals surface area contributed by atoms with Crippen molar-refractivity contribution < 1.29 is 9.53 Å². The van der Waals surface area contributed by atoms with Crippen LogP contribution in [0.15, 0.2) is 18.5 Å². The molecular formula is C12H9ClN4O2. The maximum atomic E-state index is 11.5. The summed E-state index contributed by atoms with van der Waals surface area (Å²) in [6.45, 7) is 1.85. The molecule has 0 amide bonds. The van der Waals surface area contributed by atoms with Crippen molar-refractivity contribution in [1.29, 1.82) is 0 Å². The molecule has 6 nitrogen and oxygen atoms in total. The van der Waals surface area contributed by atoms with Crippen molar-refractivity contribution >= 4 is 34.1 Å². The molecule has 3 heterocycles. The van der Waals surface area contributed by atoms with E-state index in [0.717, 1.165) is 5.82 Å². The smallest absolute Gasteiger partial charge is 0.356 e. The number of hydrogen-bond donors (Lipinski definition) is 0. The van der Waals surface area contributed by atoms with Gasteiger partial charge in [0.05, 0.1) is 25.0 Å². The number of halogens is 1. The molecule has 0 spiro atoms. The van der Waals surface area contributed by atoms with Crippen molar-refractivity contribution in [2.45, 2.75) is 6.92 Å². The van der Waals surface area contributed by atoms with E-state index in [-0.39, 0.29) is 5.69 Å². The van der Waals surface area contributed by atoms with Crippen LogP contribution in [-0.4, -0.2) is 32.4 Å². The van der Waals surface area contributed by atoms with E-state index < -0.39 is 5.97 Å². The number of ether oxygens (including phenoxy) is 1. The molecule has 0 saturated heterocycles. The normalized spacial score (nSPS) is 11.1. The monoisotopic (exact) mass is 276 g/mol. The standard InChI is InChI=1S/C12H9ClN4O2/c1-6-14-5-10-11(13)16-8-4-15-7(12(18)19-2)3-9(8)17(6)10/h3-5H,1-2H3. The first-order valence-corrected chi connectivity index (χ1v) is 5.87. The van der Waals surface area contributed by atoms with E-state index in [1.807, 2.05) is 11.3 Å². The predicted octanol–water partition coefficient (Wildman–Crippen LogP) is 2.03. The number of fused-ring (bicyclic) bond motifs is 3. The first-order valence-electron chi connectivity index (χ1n) is 5.49. The topological polar surface area (TPSA) is 69.4 Å². The number of imidazole rings is 1. The zero-order chi connectivity index (χ0) is 13.6. The highest BCUT2D eigenvalue weighted by molar-refractivity contribution is 6.33. The van der Waals surface area contributed by atoms with Crippen LogP contribution in [0, 0.1) is 6.92 Å². The van der Waals surface area contributed by atoms with Gasteiger partial charge in [-0.2, -0.15) is 0 Å². The third kappa shape index (κ3) is 1.72. The van der Waals surface area contributed by atoms with Crippen LogP contribution < -0.4 is 0 Å². The molecule has 0 aliphatic heterocycles. The number of esters is 1. The van der Waals surface area contributed by atoms with Crippen LogP contribution in [0.5, 0.6) is 0 Å². The molecule has 0 aromatic carbocycles. The van der Waals surface area contributed by atoms with Crippen molar-refractivity contribution in [3.05, 3.63) is 35.1 Å². The highest BCUT2D eigenvalue weighted by Gasteiger charge is 2.13. The number of hydrogen-bond acceptors (Lipinski definition) is 5. The van der Waals surface area contributed by atoms with Gasteiger partial charge in [-0.3, -0.25) is 4.40 Å². The molecule has 7 heteroatoms. The van der Waals surface area contributed by atoms with Gasteiger partial charge in [0.2, 0.25) is 0 Å². The Hall–Kier alpha value is -2.21. The van der Waals surface area contributed by atoms with E-state index >= 15 is 0 Å². The van der Waals surface area contributed by atoms with Gasteiger partial charge in [-0.15, -0.1) is 0 Å². The second kappa shape index (κ2) is 4.17. The van der Waals surface area contributed by atoms with Gasteiger partial charge in [0.25, 0.3) is 0 Å². The molecule has 3 aromatic heterocycles. The highest BCUT2D eigenvalue weighted by Crippen LogP contribution is 2.23. The van der Waals surface area contributed by atoms with E-state index in [4.69, 9.17) is 11.6 Å². The summed E-state index contributed by atoms with van der Waals surface area (Å²) in [6, 6.07) is 1.62. The zero-order valence-electron chi connectivity index (χ0n) is 10.2. The number of carbonyl (C=O) groups excluding carboxylic acids is 1. The number of nitrogens with zero attached hydrogens (tertiary/aromatic N) is 4. The number of pyridine rings is 1. The number of carbonyl (C=O) groups is 1. The number of aromatic nitrogens is 4.